The second-order valence-corrected chi connectivity index (χ2v) is 7.00. The highest BCUT2D eigenvalue weighted by molar-refractivity contribution is 6.42. The van der Waals surface area contributed by atoms with Gasteiger partial charge >= 0.3 is 0 Å². The molecule has 5 heteroatoms. The van der Waals surface area contributed by atoms with Gasteiger partial charge in [-0.2, -0.15) is 0 Å². The normalized spacial score (nSPS) is 16.3. The van der Waals surface area contributed by atoms with E-state index in [2.05, 4.69) is 18.7 Å². The molecule has 1 aliphatic rings. The molecule has 24 heavy (non-hydrogen) atoms. The average Bonchev–Trinajstić information content (AvgIpc) is 2.59. The molecule has 0 spiro atoms. The number of rotatable bonds is 6. The number of nitrogens with zero attached hydrogens (tertiary/aromatic N) is 2. The van der Waals surface area contributed by atoms with Gasteiger partial charge in [-0.25, -0.2) is 0 Å². The number of benzene rings is 1. The van der Waals surface area contributed by atoms with E-state index >= 15 is 0 Å². The Morgan fingerprint density at radius 3 is 2.38 bits per heavy atom. The van der Waals surface area contributed by atoms with Crippen LogP contribution in [0.2, 0.25) is 10.0 Å². The van der Waals surface area contributed by atoms with Crippen LogP contribution in [0.5, 0.6) is 0 Å². The maximum Gasteiger partial charge on any atom is 0.246 e. The highest BCUT2D eigenvalue weighted by Gasteiger charge is 2.23. The maximum absolute atomic E-state index is 12.3. The van der Waals surface area contributed by atoms with E-state index in [9.17, 15) is 4.79 Å². The summed E-state index contributed by atoms with van der Waals surface area (Å²) in [5.74, 6) is 0.0965. The highest BCUT2D eigenvalue weighted by atomic mass is 35.5. The first-order valence-corrected chi connectivity index (χ1v) is 9.44. The molecule has 1 aromatic rings. The zero-order chi connectivity index (χ0) is 17.5. The molecule has 2 rings (SSSR count). The molecule has 1 amide bonds. The summed E-state index contributed by atoms with van der Waals surface area (Å²) in [7, 11) is 0. The van der Waals surface area contributed by atoms with Gasteiger partial charge in [-0.15, -0.1) is 0 Å². The van der Waals surface area contributed by atoms with Crippen LogP contribution in [0.3, 0.4) is 0 Å². The van der Waals surface area contributed by atoms with Crippen LogP contribution in [0.25, 0.3) is 0 Å². The molecule has 0 atom stereocenters. The van der Waals surface area contributed by atoms with Gasteiger partial charge in [0.15, 0.2) is 0 Å². The lowest BCUT2D eigenvalue weighted by atomic mass is 10.1. The van der Waals surface area contributed by atoms with Crippen LogP contribution < -0.4 is 0 Å². The van der Waals surface area contributed by atoms with E-state index in [0.29, 0.717) is 22.5 Å². The number of piperazine rings is 1. The third-order valence-electron chi connectivity index (χ3n) is 4.68. The highest BCUT2D eigenvalue weighted by Crippen LogP contribution is 2.22. The van der Waals surface area contributed by atoms with Gasteiger partial charge in [0, 0.05) is 32.2 Å². The summed E-state index contributed by atoms with van der Waals surface area (Å²) in [5, 5.41) is 1.10. The number of hydrogen-bond donors (Lipinski definition) is 0. The lowest BCUT2D eigenvalue weighted by Crippen LogP contribution is -2.51. The van der Waals surface area contributed by atoms with Crippen LogP contribution in [0.15, 0.2) is 30.4 Å². The molecule has 0 bridgehead atoms. The van der Waals surface area contributed by atoms with Gasteiger partial charge in [-0.1, -0.05) is 49.2 Å². The molecule has 0 N–H and O–H groups in total. The van der Waals surface area contributed by atoms with Gasteiger partial charge in [0.2, 0.25) is 5.91 Å². The van der Waals surface area contributed by atoms with Crippen LogP contribution in [0.1, 0.15) is 32.3 Å². The molecular weight excluding hydrogens is 343 g/mol. The molecular formula is C19H26Cl2N2O. The summed E-state index contributed by atoms with van der Waals surface area (Å²) in [6.07, 6.45) is 6.60. The molecule has 1 fully saturated rings. The smallest absolute Gasteiger partial charge is 0.246 e. The first-order valence-electron chi connectivity index (χ1n) is 8.68. The summed E-state index contributed by atoms with van der Waals surface area (Å²) >= 11 is 11.9. The molecule has 3 nitrogen and oxygen atoms in total. The van der Waals surface area contributed by atoms with Crippen LogP contribution in [-0.4, -0.2) is 47.9 Å². The lowest BCUT2D eigenvalue weighted by molar-refractivity contribution is -0.128. The van der Waals surface area contributed by atoms with E-state index in [1.165, 1.54) is 12.8 Å². The van der Waals surface area contributed by atoms with Crippen LogP contribution >= 0.6 is 23.2 Å². The number of amides is 1. The SMILES string of the molecule is CCC(CC)N1CCN(C(=O)C=CCc2ccc(Cl)c(Cl)c2)CC1. The molecule has 0 saturated carbocycles. The van der Waals surface area contributed by atoms with Crippen molar-refractivity contribution >= 4 is 29.1 Å². The summed E-state index contributed by atoms with van der Waals surface area (Å²) in [4.78, 5) is 16.7. The Labute approximate surface area is 155 Å². The third kappa shape index (κ3) is 5.23. The minimum atomic E-state index is 0.0965. The van der Waals surface area contributed by atoms with Crippen molar-refractivity contribution in [1.29, 1.82) is 0 Å². The molecule has 1 aromatic carbocycles. The second-order valence-electron chi connectivity index (χ2n) is 6.19. The van der Waals surface area contributed by atoms with Crippen molar-refractivity contribution in [2.75, 3.05) is 26.2 Å². The van der Waals surface area contributed by atoms with E-state index in [-0.39, 0.29) is 5.91 Å². The first-order chi connectivity index (χ1) is 11.5. The van der Waals surface area contributed by atoms with E-state index < -0.39 is 0 Å². The van der Waals surface area contributed by atoms with Crippen LogP contribution in [-0.2, 0) is 11.2 Å². The van der Waals surface area contributed by atoms with Gasteiger partial charge < -0.3 is 4.90 Å². The van der Waals surface area contributed by atoms with Crippen molar-refractivity contribution in [2.45, 2.75) is 39.2 Å². The second kappa shape index (κ2) is 9.45. The minimum absolute atomic E-state index is 0.0965. The lowest BCUT2D eigenvalue weighted by Gasteiger charge is -2.38. The Morgan fingerprint density at radius 2 is 1.79 bits per heavy atom. The number of allylic oxidation sites excluding steroid dienone is 1. The number of hydrogen-bond acceptors (Lipinski definition) is 2. The maximum atomic E-state index is 12.3. The van der Waals surface area contributed by atoms with Crippen LogP contribution in [0, 0.1) is 0 Å². The monoisotopic (exact) mass is 368 g/mol. The number of halogens is 2. The van der Waals surface area contributed by atoms with Gasteiger partial charge in [-0.3, -0.25) is 9.69 Å². The number of carbonyl (C=O) groups excluding carboxylic acids is 1. The summed E-state index contributed by atoms with van der Waals surface area (Å²) < 4.78 is 0. The Hall–Kier alpha value is -1.03. The molecule has 0 radical (unpaired) electrons. The minimum Gasteiger partial charge on any atom is -0.337 e. The van der Waals surface area contributed by atoms with Crippen molar-refractivity contribution in [1.82, 2.24) is 9.80 Å². The zero-order valence-electron chi connectivity index (χ0n) is 14.5. The summed E-state index contributed by atoms with van der Waals surface area (Å²) in [6.45, 7) is 8.03. The Morgan fingerprint density at radius 1 is 1.12 bits per heavy atom. The molecule has 1 saturated heterocycles. The first kappa shape index (κ1) is 19.3. The quantitative estimate of drug-likeness (QED) is 0.693. The molecule has 1 heterocycles. The predicted molar refractivity (Wildman–Crippen MR) is 102 cm³/mol. The van der Waals surface area contributed by atoms with Crippen LogP contribution in [0.4, 0.5) is 0 Å². The molecule has 132 valence electrons. The van der Waals surface area contributed by atoms with E-state index in [1.54, 1.807) is 12.1 Å². The van der Waals surface area contributed by atoms with E-state index in [0.717, 1.165) is 31.7 Å². The van der Waals surface area contributed by atoms with Crippen molar-refractivity contribution in [3.63, 3.8) is 0 Å². The molecule has 0 aromatic heterocycles. The van der Waals surface area contributed by atoms with Gasteiger partial charge in [0.05, 0.1) is 10.0 Å². The predicted octanol–water partition coefficient (Wildman–Crippen LogP) is 4.42. The Kier molecular flexibility index (Phi) is 7.60. The Bertz CT molecular complexity index is 577. The largest absolute Gasteiger partial charge is 0.337 e. The van der Waals surface area contributed by atoms with E-state index in [1.807, 2.05) is 23.1 Å². The van der Waals surface area contributed by atoms with Crippen molar-refractivity contribution in [3.8, 4) is 0 Å². The van der Waals surface area contributed by atoms with Gasteiger partial charge in [-0.05, 0) is 43.0 Å². The molecule has 1 aliphatic heterocycles. The van der Waals surface area contributed by atoms with Gasteiger partial charge in [0.1, 0.15) is 0 Å². The standard InChI is InChI=1S/C19H26Cl2N2O/c1-3-16(4-2)22-10-12-23(13-11-22)19(24)7-5-6-15-8-9-17(20)18(21)14-15/h5,7-9,14,16H,3-4,6,10-13H2,1-2H3. The summed E-state index contributed by atoms with van der Waals surface area (Å²) in [6, 6.07) is 6.20. The van der Waals surface area contributed by atoms with Gasteiger partial charge in [0.25, 0.3) is 0 Å². The van der Waals surface area contributed by atoms with Crippen molar-refractivity contribution < 1.29 is 4.79 Å². The fourth-order valence-corrected chi connectivity index (χ4v) is 3.50. The average molecular weight is 369 g/mol. The fourth-order valence-electron chi connectivity index (χ4n) is 3.18. The zero-order valence-corrected chi connectivity index (χ0v) is 16.0. The molecule has 0 unspecified atom stereocenters. The Balaban J connectivity index is 1.81. The third-order valence-corrected chi connectivity index (χ3v) is 5.42. The topological polar surface area (TPSA) is 23.6 Å². The van der Waals surface area contributed by atoms with Crippen molar-refractivity contribution in [3.05, 3.63) is 46.0 Å². The summed E-state index contributed by atoms with van der Waals surface area (Å²) in [5.41, 5.74) is 1.05. The molecule has 0 aliphatic carbocycles. The van der Waals surface area contributed by atoms with Crippen molar-refractivity contribution in [2.24, 2.45) is 0 Å². The fraction of sp³-hybridized carbons (Fsp3) is 0.526. The van der Waals surface area contributed by atoms with E-state index in [4.69, 9.17) is 23.2 Å². The number of carbonyl (C=O) groups is 1.